The molecule has 0 saturated carbocycles. The van der Waals surface area contributed by atoms with Gasteiger partial charge in [0.05, 0.1) is 7.11 Å². The van der Waals surface area contributed by atoms with Crippen molar-refractivity contribution in [3.63, 3.8) is 0 Å². The summed E-state index contributed by atoms with van der Waals surface area (Å²) in [5.41, 5.74) is 2.18. The number of methoxy groups -OCH3 is 1. The third kappa shape index (κ3) is 6.29. The number of carbonyl (C=O) groups is 2. The summed E-state index contributed by atoms with van der Waals surface area (Å²) in [5.74, 6) is -0.138. The van der Waals surface area contributed by atoms with Gasteiger partial charge in [-0.1, -0.05) is 43.7 Å². The van der Waals surface area contributed by atoms with Crippen LogP contribution in [0.15, 0.2) is 24.3 Å². The van der Waals surface area contributed by atoms with Gasteiger partial charge >= 0.3 is 12.0 Å². The Bertz CT molecular complexity index is 469. The van der Waals surface area contributed by atoms with Crippen molar-refractivity contribution in [2.45, 2.75) is 39.8 Å². The number of esters is 1. The van der Waals surface area contributed by atoms with E-state index in [1.807, 2.05) is 45.0 Å². The second-order valence-corrected chi connectivity index (χ2v) is 5.52. The zero-order valence-corrected chi connectivity index (χ0v) is 13.1. The maximum Gasteiger partial charge on any atom is 0.328 e. The van der Waals surface area contributed by atoms with Crippen molar-refractivity contribution in [2.75, 3.05) is 7.11 Å². The van der Waals surface area contributed by atoms with E-state index >= 15 is 0 Å². The quantitative estimate of drug-likeness (QED) is 0.791. The molecule has 1 aromatic rings. The molecule has 0 fully saturated rings. The number of ether oxygens (including phenoxy) is 1. The van der Waals surface area contributed by atoms with Crippen molar-refractivity contribution in [3.8, 4) is 0 Å². The second kappa shape index (κ2) is 8.29. The lowest BCUT2D eigenvalue weighted by atomic mass is 10.0. The molecule has 1 atom stereocenters. The number of hydrogen-bond acceptors (Lipinski definition) is 3. The summed E-state index contributed by atoms with van der Waals surface area (Å²) in [4.78, 5) is 23.5. The van der Waals surface area contributed by atoms with Gasteiger partial charge in [0.2, 0.25) is 0 Å². The second-order valence-electron chi connectivity index (χ2n) is 5.52. The molecule has 21 heavy (non-hydrogen) atoms. The zero-order valence-electron chi connectivity index (χ0n) is 13.1. The molecule has 0 aliphatic rings. The number of rotatable bonds is 6. The summed E-state index contributed by atoms with van der Waals surface area (Å²) in [6.07, 6.45) is 0.546. The highest BCUT2D eigenvalue weighted by Crippen LogP contribution is 2.06. The van der Waals surface area contributed by atoms with E-state index in [9.17, 15) is 9.59 Å². The Morgan fingerprint density at radius 3 is 2.33 bits per heavy atom. The first-order valence-corrected chi connectivity index (χ1v) is 7.10. The van der Waals surface area contributed by atoms with Gasteiger partial charge in [-0.25, -0.2) is 9.59 Å². The summed E-state index contributed by atoms with van der Waals surface area (Å²) in [7, 11) is 1.32. The molecular weight excluding hydrogens is 268 g/mol. The lowest BCUT2D eigenvalue weighted by Crippen LogP contribution is -2.46. The molecular formula is C16H24N2O3. The van der Waals surface area contributed by atoms with Crippen LogP contribution in [0.25, 0.3) is 0 Å². The molecule has 0 radical (unpaired) electrons. The SMILES string of the molecule is COC(=O)C(CC(C)C)NC(=O)NCc1ccc(C)cc1. The van der Waals surface area contributed by atoms with Crippen LogP contribution in [0.4, 0.5) is 4.79 Å². The Morgan fingerprint density at radius 1 is 1.19 bits per heavy atom. The average Bonchev–Trinajstić information content (AvgIpc) is 2.44. The number of urea groups is 1. The first kappa shape index (κ1) is 17.0. The lowest BCUT2D eigenvalue weighted by molar-refractivity contribution is -0.143. The van der Waals surface area contributed by atoms with Gasteiger partial charge in [0.25, 0.3) is 0 Å². The molecule has 116 valence electrons. The van der Waals surface area contributed by atoms with Gasteiger partial charge in [0.1, 0.15) is 6.04 Å². The molecule has 0 heterocycles. The van der Waals surface area contributed by atoms with E-state index in [1.165, 1.54) is 12.7 Å². The third-order valence-electron chi connectivity index (χ3n) is 3.07. The van der Waals surface area contributed by atoms with E-state index < -0.39 is 12.0 Å². The fourth-order valence-corrected chi connectivity index (χ4v) is 1.93. The summed E-state index contributed by atoms with van der Waals surface area (Å²) in [6, 6.07) is 6.92. The Kier molecular flexibility index (Phi) is 6.72. The third-order valence-corrected chi connectivity index (χ3v) is 3.07. The van der Waals surface area contributed by atoms with Gasteiger partial charge in [0.15, 0.2) is 0 Å². The molecule has 1 aromatic carbocycles. The van der Waals surface area contributed by atoms with E-state index in [4.69, 9.17) is 4.74 Å². The standard InChI is InChI=1S/C16H24N2O3/c1-11(2)9-14(15(19)21-4)18-16(20)17-10-13-7-5-12(3)6-8-13/h5-8,11,14H,9-10H2,1-4H3,(H2,17,18,20). The number of nitrogens with one attached hydrogen (secondary N) is 2. The average molecular weight is 292 g/mol. The molecule has 5 nitrogen and oxygen atoms in total. The summed E-state index contributed by atoms with van der Waals surface area (Å²) in [6.45, 7) is 6.40. The van der Waals surface area contributed by atoms with E-state index in [2.05, 4.69) is 10.6 Å². The lowest BCUT2D eigenvalue weighted by Gasteiger charge is -2.18. The minimum atomic E-state index is -0.618. The largest absolute Gasteiger partial charge is 0.467 e. The normalized spacial score (nSPS) is 11.9. The van der Waals surface area contributed by atoms with Gasteiger partial charge in [-0.05, 0) is 24.8 Å². The first-order valence-electron chi connectivity index (χ1n) is 7.10. The van der Waals surface area contributed by atoms with Gasteiger partial charge in [0, 0.05) is 6.54 Å². The summed E-state index contributed by atoms with van der Waals surface area (Å²) < 4.78 is 4.71. The highest BCUT2D eigenvalue weighted by atomic mass is 16.5. The molecule has 1 unspecified atom stereocenters. The fraction of sp³-hybridized carbons (Fsp3) is 0.500. The summed E-state index contributed by atoms with van der Waals surface area (Å²) >= 11 is 0. The Labute approximate surface area is 126 Å². The molecule has 0 saturated heterocycles. The number of aryl methyl sites for hydroxylation is 1. The predicted octanol–water partition coefficient (Wildman–Crippen LogP) is 2.38. The molecule has 1 rings (SSSR count). The maximum absolute atomic E-state index is 11.9. The van der Waals surface area contributed by atoms with E-state index in [0.717, 1.165) is 5.56 Å². The Balaban J connectivity index is 2.49. The van der Waals surface area contributed by atoms with Crippen LogP contribution in [-0.2, 0) is 16.1 Å². The number of carbonyl (C=O) groups excluding carboxylic acids is 2. The molecule has 0 aliphatic heterocycles. The van der Waals surface area contributed by atoms with Gasteiger partial charge < -0.3 is 15.4 Å². The summed E-state index contributed by atoms with van der Waals surface area (Å²) in [5, 5.41) is 5.40. The Hall–Kier alpha value is -2.04. The molecule has 5 heteroatoms. The minimum Gasteiger partial charge on any atom is -0.467 e. The number of benzene rings is 1. The molecule has 0 aliphatic carbocycles. The van der Waals surface area contributed by atoms with Crippen LogP contribution in [0.3, 0.4) is 0 Å². The van der Waals surface area contributed by atoms with Crippen molar-refractivity contribution in [1.29, 1.82) is 0 Å². The number of hydrogen-bond donors (Lipinski definition) is 2. The van der Waals surface area contributed by atoms with Crippen LogP contribution in [-0.4, -0.2) is 25.2 Å². The molecule has 2 N–H and O–H groups in total. The monoisotopic (exact) mass is 292 g/mol. The molecule has 2 amide bonds. The van der Waals surface area contributed by atoms with E-state index in [-0.39, 0.29) is 11.9 Å². The number of amides is 2. The highest BCUT2D eigenvalue weighted by molar-refractivity contribution is 5.83. The Morgan fingerprint density at radius 2 is 1.81 bits per heavy atom. The van der Waals surface area contributed by atoms with Crippen LogP contribution >= 0.6 is 0 Å². The van der Waals surface area contributed by atoms with Crippen molar-refractivity contribution in [2.24, 2.45) is 5.92 Å². The van der Waals surface area contributed by atoms with Crippen LogP contribution in [0, 0.1) is 12.8 Å². The predicted molar refractivity (Wildman–Crippen MR) is 81.8 cm³/mol. The molecule has 0 bridgehead atoms. The van der Waals surface area contributed by atoms with Crippen LogP contribution in [0.1, 0.15) is 31.4 Å². The topological polar surface area (TPSA) is 67.4 Å². The van der Waals surface area contributed by atoms with Crippen molar-refractivity contribution in [3.05, 3.63) is 35.4 Å². The minimum absolute atomic E-state index is 0.284. The smallest absolute Gasteiger partial charge is 0.328 e. The molecule has 0 aromatic heterocycles. The van der Waals surface area contributed by atoms with Gasteiger partial charge in [-0.2, -0.15) is 0 Å². The van der Waals surface area contributed by atoms with Crippen LogP contribution < -0.4 is 10.6 Å². The van der Waals surface area contributed by atoms with E-state index in [1.54, 1.807) is 0 Å². The highest BCUT2D eigenvalue weighted by Gasteiger charge is 2.22. The van der Waals surface area contributed by atoms with Gasteiger partial charge in [-0.15, -0.1) is 0 Å². The van der Waals surface area contributed by atoms with Crippen LogP contribution in [0.2, 0.25) is 0 Å². The van der Waals surface area contributed by atoms with Crippen molar-refractivity contribution in [1.82, 2.24) is 10.6 Å². The zero-order chi connectivity index (χ0) is 15.8. The molecule has 0 spiro atoms. The van der Waals surface area contributed by atoms with Crippen molar-refractivity contribution >= 4 is 12.0 Å². The van der Waals surface area contributed by atoms with Crippen LogP contribution in [0.5, 0.6) is 0 Å². The first-order chi connectivity index (χ1) is 9.92. The maximum atomic E-state index is 11.9. The van der Waals surface area contributed by atoms with Crippen molar-refractivity contribution < 1.29 is 14.3 Å². The fourth-order valence-electron chi connectivity index (χ4n) is 1.93. The van der Waals surface area contributed by atoms with E-state index in [0.29, 0.717) is 13.0 Å². The van der Waals surface area contributed by atoms with Gasteiger partial charge in [-0.3, -0.25) is 0 Å².